The van der Waals surface area contributed by atoms with Gasteiger partial charge in [-0.25, -0.2) is 5.10 Å². The third-order valence-corrected chi connectivity index (χ3v) is 3.83. The molecule has 3 rings (SSSR count). The van der Waals surface area contributed by atoms with Crippen LogP contribution < -0.4 is 5.56 Å². The predicted octanol–water partition coefficient (Wildman–Crippen LogP) is -0.293. The maximum Gasteiger partial charge on any atom is 0.274 e. The number of hydrogen-bond donors (Lipinski definition) is 1. The van der Waals surface area contributed by atoms with Crippen molar-refractivity contribution in [1.29, 1.82) is 0 Å². The van der Waals surface area contributed by atoms with E-state index in [-0.39, 0.29) is 23.1 Å². The van der Waals surface area contributed by atoms with Crippen molar-refractivity contribution in [1.82, 2.24) is 24.6 Å². The van der Waals surface area contributed by atoms with Gasteiger partial charge in [0.05, 0.1) is 5.56 Å². The van der Waals surface area contributed by atoms with E-state index in [4.69, 9.17) is 0 Å². The Morgan fingerprint density at radius 2 is 1.70 bits per heavy atom. The van der Waals surface area contributed by atoms with Gasteiger partial charge >= 0.3 is 0 Å². The van der Waals surface area contributed by atoms with Crippen LogP contribution >= 0.6 is 0 Å². The Bertz CT molecular complexity index is 766. The molecule has 0 atom stereocenters. The Labute approximate surface area is 132 Å². The van der Waals surface area contributed by atoms with Crippen LogP contribution in [0, 0.1) is 0 Å². The Morgan fingerprint density at radius 1 is 1.04 bits per heavy atom. The minimum Gasteiger partial charge on any atom is -0.356 e. The molecule has 0 bridgehead atoms. The summed E-state index contributed by atoms with van der Waals surface area (Å²) in [4.78, 5) is 39.0. The molecule has 2 aromatic heterocycles. The van der Waals surface area contributed by atoms with E-state index in [0.29, 0.717) is 31.7 Å². The highest BCUT2D eigenvalue weighted by Gasteiger charge is 2.26. The molecule has 0 saturated carbocycles. The molecule has 8 heteroatoms. The van der Waals surface area contributed by atoms with Gasteiger partial charge in [0.1, 0.15) is 5.69 Å². The van der Waals surface area contributed by atoms with Crippen molar-refractivity contribution in [2.75, 3.05) is 26.2 Å². The quantitative estimate of drug-likeness (QED) is 0.824. The minimum absolute atomic E-state index is 0.0279. The third-order valence-electron chi connectivity index (χ3n) is 3.83. The first-order valence-electron chi connectivity index (χ1n) is 7.31. The van der Waals surface area contributed by atoms with E-state index in [1.807, 2.05) is 17.8 Å². The standard InChI is InChI=1S/C15H17N5O3/c1-18-5-4-11(10-18)14(22)19-6-8-20(9-7-19)15(23)12-2-3-13(21)17-16-12/h2-5,10H,6-9H2,1H3,(H,17,21). The van der Waals surface area contributed by atoms with Gasteiger partial charge in [0.15, 0.2) is 0 Å². The van der Waals surface area contributed by atoms with Gasteiger partial charge in [-0.15, -0.1) is 0 Å². The maximum atomic E-state index is 12.4. The second-order valence-electron chi connectivity index (χ2n) is 5.46. The first-order valence-corrected chi connectivity index (χ1v) is 7.31. The van der Waals surface area contributed by atoms with E-state index < -0.39 is 0 Å². The van der Waals surface area contributed by atoms with Crippen LogP contribution in [0.4, 0.5) is 0 Å². The Kier molecular flexibility index (Phi) is 3.96. The number of nitrogens with one attached hydrogen (secondary N) is 1. The lowest BCUT2D eigenvalue weighted by Crippen LogP contribution is -2.50. The van der Waals surface area contributed by atoms with E-state index in [1.54, 1.807) is 22.1 Å². The van der Waals surface area contributed by atoms with Crippen LogP contribution in [0.2, 0.25) is 0 Å². The normalized spacial score (nSPS) is 14.8. The number of carbonyl (C=O) groups excluding carboxylic acids is 2. The van der Waals surface area contributed by atoms with Crippen molar-refractivity contribution < 1.29 is 9.59 Å². The molecule has 120 valence electrons. The van der Waals surface area contributed by atoms with Gasteiger partial charge in [-0.2, -0.15) is 5.10 Å². The summed E-state index contributed by atoms with van der Waals surface area (Å²) in [7, 11) is 1.87. The zero-order valence-electron chi connectivity index (χ0n) is 12.7. The van der Waals surface area contributed by atoms with Crippen molar-refractivity contribution in [3.8, 4) is 0 Å². The van der Waals surface area contributed by atoms with Crippen LogP contribution in [0.15, 0.2) is 35.4 Å². The van der Waals surface area contributed by atoms with Crippen molar-refractivity contribution in [2.24, 2.45) is 7.05 Å². The van der Waals surface area contributed by atoms with E-state index in [0.717, 1.165) is 0 Å². The lowest BCUT2D eigenvalue weighted by molar-refractivity contribution is 0.0531. The average Bonchev–Trinajstić information content (AvgIpc) is 3.01. The zero-order chi connectivity index (χ0) is 16.4. The van der Waals surface area contributed by atoms with E-state index in [1.165, 1.54) is 12.1 Å². The monoisotopic (exact) mass is 315 g/mol. The lowest BCUT2D eigenvalue weighted by Gasteiger charge is -2.34. The van der Waals surface area contributed by atoms with Gasteiger partial charge < -0.3 is 14.4 Å². The van der Waals surface area contributed by atoms with E-state index in [9.17, 15) is 14.4 Å². The number of rotatable bonds is 2. The molecule has 1 N–H and O–H groups in total. The lowest BCUT2D eigenvalue weighted by atomic mass is 10.2. The number of aromatic nitrogens is 3. The summed E-state index contributed by atoms with van der Waals surface area (Å²) in [5, 5.41) is 6.00. The molecule has 3 heterocycles. The summed E-state index contributed by atoms with van der Waals surface area (Å²) in [5.74, 6) is -0.270. The number of H-pyrrole nitrogens is 1. The van der Waals surface area contributed by atoms with Crippen molar-refractivity contribution >= 4 is 11.8 Å². The fourth-order valence-electron chi connectivity index (χ4n) is 2.55. The molecule has 2 amide bonds. The number of aryl methyl sites for hydroxylation is 1. The summed E-state index contributed by atoms with van der Waals surface area (Å²) in [6, 6.07) is 4.46. The SMILES string of the molecule is Cn1ccc(C(=O)N2CCN(C(=O)c3ccc(=O)[nH]n3)CC2)c1. The maximum absolute atomic E-state index is 12.4. The van der Waals surface area contributed by atoms with E-state index in [2.05, 4.69) is 10.2 Å². The topological polar surface area (TPSA) is 91.3 Å². The van der Waals surface area contributed by atoms with Crippen molar-refractivity contribution in [3.63, 3.8) is 0 Å². The zero-order valence-corrected chi connectivity index (χ0v) is 12.7. The number of aromatic amines is 1. The number of amides is 2. The molecule has 0 unspecified atom stereocenters. The molecule has 1 aliphatic rings. The van der Waals surface area contributed by atoms with Gasteiger partial charge in [-0.1, -0.05) is 0 Å². The second-order valence-corrected chi connectivity index (χ2v) is 5.46. The summed E-state index contributed by atoms with van der Waals surface area (Å²) in [5.41, 5.74) is 0.502. The van der Waals surface area contributed by atoms with Crippen LogP contribution in [0.1, 0.15) is 20.8 Å². The molecule has 0 aliphatic carbocycles. The van der Waals surface area contributed by atoms with Crippen LogP contribution in [-0.2, 0) is 7.05 Å². The Balaban J connectivity index is 1.62. The number of piperazine rings is 1. The van der Waals surface area contributed by atoms with Crippen molar-refractivity contribution in [3.05, 3.63) is 52.2 Å². The highest BCUT2D eigenvalue weighted by atomic mass is 16.2. The molecule has 1 aliphatic heterocycles. The summed E-state index contributed by atoms with van der Waals surface area (Å²) in [6.45, 7) is 1.84. The molecule has 23 heavy (non-hydrogen) atoms. The van der Waals surface area contributed by atoms with Crippen LogP contribution in [0.5, 0.6) is 0 Å². The number of nitrogens with zero attached hydrogens (tertiary/aromatic N) is 4. The molecular formula is C15H17N5O3. The fourth-order valence-corrected chi connectivity index (χ4v) is 2.55. The second kappa shape index (κ2) is 6.07. The Morgan fingerprint density at radius 3 is 2.22 bits per heavy atom. The predicted molar refractivity (Wildman–Crippen MR) is 82.1 cm³/mol. The van der Waals surface area contributed by atoms with Crippen LogP contribution in [-0.4, -0.2) is 62.6 Å². The van der Waals surface area contributed by atoms with Gasteiger partial charge in [0.25, 0.3) is 17.4 Å². The van der Waals surface area contributed by atoms with Gasteiger partial charge in [0.2, 0.25) is 0 Å². The molecule has 0 spiro atoms. The third kappa shape index (κ3) is 3.15. The molecule has 2 aromatic rings. The van der Waals surface area contributed by atoms with E-state index >= 15 is 0 Å². The molecule has 0 radical (unpaired) electrons. The summed E-state index contributed by atoms with van der Waals surface area (Å²) in [6.07, 6.45) is 3.61. The summed E-state index contributed by atoms with van der Waals surface area (Å²) >= 11 is 0. The number of carbonyl (C=O) groups is 2. The average molecular weight is 315 g/mol. The minimum atomic E-state index is -0.347. The van der Waals surface area contributed by atoms with Crippen LogP contribution in [0.3, 0.4) is 0 Å². The highest BCUT2D eigenvalue weighted by molar-refractivity contribution is 5.95. The largest absolute Gasteiger partial charge is 0.356 e. The highest BCUT2D eigenvalue weighted by Crippen LogP contribution is 2.10. The fraction of sp³-hybridized carbons (Fsp3) is 0.333. The Hall–Kier alpha value is -2.90. The van der Waals surface area contributed by atoms with Crippen molar-refractivity contribution in [2.45, 2.75) is 0 Å². The smallest absolute Gasteiger partial charge is 0.274 e. The van der Waals surface area contributed by atoms with Gasteiger partial charge in [0, 0.05) is 51.7 Å². The molecular weight excluding hydrogens is 298 g/mol. The molecule has 1 saturated heterocycles. The number of hydrogen-bond acceptors (Lipinski definition) is 4. The van der Waals surface area contributed by atoms with Crippen LogP contribution in [0.25, 0.3) is 0 Å². The molecule has 0 aromatic carbocycles. The summed E-state index contributed by atoms with van der Waals surface area (Å²) < 4.78 is 1.83. The first-order chi connectivity index (χ1) is 11.0. The first kappa shape index (κ1) is 15.0. The van der Waals surface area contributed by atoms with Gasteiger partial charge in [-0.3, -0.25) is 14.4 Å². The molecule has 1 fully saturated rings. The van der Waals surface area contributed by atoms with Gasteiger partial charge in [-0.05, 0) is 12.1 Å². The molecule has 8 nitrogen and oxygen atoms in total.